The average Bonchev–Trinajstić information content (AvgIpc) is 2.55. The van der Waals surface area contributed by atoms with E-state index in [1.165, 1.54) is 0 Å². The summed E-state index contributed by atoms with van der Waals surface area (Å²) in [7, 11) is 0. The Morgan fingerprint density at radius 3 is 2.61 bits per heavy atom. The lowest BCUT2D eigenvalue weighted by Crippen LogP contribution is -2.40. The molecule has 0 saturated heterocycles. The summed E-state index contributed by atoms with van der Waals surface area (Å²) >= 11 is 1.72. The fourth-order valence-electron chi connectivity index (χ4n) is 2.29. The molecule has 4 nitrogen and oxygen atoms in total. The number of carbonyl (C=O) groups excluding carboxylic acids is 1. The maximum absolute atomic E-state index is 12.5. The second-order valence-corrected chi connectivity index (χ2v) is 7.13. The molecule has 1 atom stereocenters. The first kappa shape index (κ1) is 15.7. The summed E-state index contributed by atoms with van der Waals surface area (Å²) in [5.41, 5.74) is 0.804. The Hall–Kier alpha value is -2.14. The van der Waals surface area contributed by atoms with E-state index in [0.717, 1.165) is 10.6 Å². The van der Waals surface area contributed by atoms with Crippen molar-refractivity contribution in [1.29, 1.82) is 0 Å². The number of para-hydroxylation sites is 3. The number of benzene rings is 2. The molecule has 0 aromatic heterocycles. The Morgan fingerprint density at radius 2 is 1.83 bits per heavy atom. The minimum atomic E-state index is -0.651. The number of carbonyl (C=O) groups is 1. The van der Waals surface area contributed by atoms with E-state index in [4.69, 9.17) is 9.47 Å². The van der Waals surface area contributed by atoms with Crippen LogP contribution < -0.4 is 14.8 Å². The fraction of sp³-hybridized carbons (Fsp3) is 0.278. The molecule has 0 spiro atoms. The topological polar surface area (TPSA) is 47.6 Å². The fourth-order valence-corrected chi connectivity index (χ4v) is 3.20. The van der Waals surface area contributed by atoms with E-state index in [2.05, 4.69) is 19.2 Å². The number of rotatable bonds is 4. The van der Waals surface area contributed by atoms with Crippen LogP contribution in [0.15, 0.2) is 53.4 Å². The highest BCUT2D eigenvalue weighted by molar-refractivity contribution is 8.00. The van der Waals surface area contributed by atoms with Crippen LogP contribution in [0.1, 0.15) is 13.8 Å². The standard InChI is InChI=1S/C18H19NO3S/c1-12(2)23-17-10-6-3-7-13(17)19-18(20)16-11-21-14-8-4-5-9-15(14)22-16/h3-10,12,16H,11H2,1-2H3,(H,19,20)/t16-/m0/s1. The van der Waals surface area contributed by atoms with Crippen molar-refractivity contribution >= 4 is 23.4 Å². The molecule has 1 N–H and O–H groups in total. The second-order valence-electron chi connectivity index (χ2n) is 5.52. The second kappa shape index (κ2) is 6.96. The molecular weight excluding hydrogens is 310 g/mol. The van der Waals surface area contributed by atoms with E-state index in [-0.39, 0.29) is 12.5 Å². The molecule has 0 saturated carbocycles. The first-order valence-corrected chi connectivity index (χ1v) is 8.46. The molecule has 1 heterocycles. The van der Waals surface area contributed by atoms with E-state index < -0.39 is 6.10 Å². The van der Waals surface area contributed by atoms with Gasteiger partial charge in [0.05, 0.1) is 5.69 Å². The summed E-state index contributed by atoms with van der Waals surface area (Å²) in [6.07, 6.45) is -0.651. The van der Waals surface area contributed by atoms with E-state index in [0.29, 0.717) is 16.7 Å². The molecule has 3 rings (SSSR count). The zero-order valence-corrected chi connectivity index (χ0v) is 13.9. The average molecular weight is 329 g/mol. The lowest BCUT2D eigenvalue weighted by atomic mass is 10.2. The molecule has 2 aromatic carbocycles. The third kappa shape index (κ3) is 3.79. The number of hydrogen-bond donors (Lipinski definition) is 1. The number of hydrogen-bond acceptors (Lipinski definition) is 4. The van der Waals surface area contributed by atoms with Crippen molar-refractivity contribution in [3.05, 3.63) is 48.5 Å². The van der Waals surface area contributed by atoms with Crippen molar-refractivity contribution in [1.82, 2.24) is 0 Å². The SMILES string of the molecule is CC(C)Sc1ccccc1NC(=O)[C@@H]1COc2ccccc2O1. The third-order valence-corrected chi connectivity index (χ3v) is 4.39. The summed E-state index contributed by atoms with van der Waals surface area (Å²) in [5.74, 6) is 1.08. The summed E-state index contributed by atoms with van der Waals surface area (Å²) in [6, 6.07) is 15.2. The molecule has 1 aliphatic heterocycles. The Kier molecular flexibility index (Phi) is 4.76. The van der Waals surface area contributed by atoms with Gasteiger partial charge in [-0.1, -0.05) is 38.1 Å². The van der Waals surface area contributed by atoms with Crippen LogP contribution >= 0.6 is 11.8 Å². The molecule has 1 amide bonds. The number of ether oxygens (including phenoxy) is 2. The van der Waals surface area contributed by atoms with Crippen LogP contribution in [0.25, 0.3) is 0 Å². The summed E-state index contributed by atoms with van der Waals surface area (Å²) < 4.78 is 11.3. The summed E-state index contributed by atoms with van der Waals surface area (Å²) in [6.45, 7) is 4.46. The first-order valence-electron chi connectivity index (χ1n) is 7.58. The maximum atomic E-state index is 12.5. The van der Waals surface area contributed by atoms with E-state index >= 15 is 0 Å². The largest absolute Gasteiger partial charge is 0.485 e. The van der Waals surface area contributed by atoms with Gasteiger partial charge in [0.25, 0.3) is 5.91 Å². The van der Waals surface area contributed by atoms with Crippen molar-refractivity contribution in [2.75, 3.05) is 11.9 Å². The van der Waals surface area contributed by atoms with Gasteiger partial charge in [-0.05, 0) is 24.3 Å². The first-order chi connectivity index (χ1) is 11.1. The smallest absolute Gasteiger partial charge is 0.269 e. The van der Waals surface area contributed by atoms with E-state index in [1.54, 1.807) is 17.8 Å². The minimum Gasteiger partial charge on any atom is -0.485 e. The quantitative estimate of drug-likeness (QED) is 0.862. The van der Waals surface area contributed by atoms with Crippen LogP contribution in [0, 0.1) is 0 Å². The van der Waals surface area contributed by atoms with Gasteiger partial charge in [-0.3, -0.25) is 4.79 Å². The van der Waals surface area contributed by atoms with Gasteiger partial charge in [0.1, 0.15) is 6.61 Å². The van der Waals surface area contributed by atoms with Crippen LogP contribution in [0.4, 0.5) is 5.69 Å². The summed E-state index contributed by atoms with van der Waals surface area (Å²) in [4.78, 5) is 13.5. The molecule has 23 heavy (non-hydrogen) atoms. The monoisotopic (exact) mass is 329 g/mol. The predicted octanol–water partition coefficient (Wildman–Crippen LogP) is 3.97. The molecule has 2 aromatic rings. The highest BCUT2D eigenvalue weighted by atomic mass is 32.2. The van der Waals surface area contributed by atoms with Gasteiger partial charge in [0, 0.05) is 10.1 Å². The minimum absolute atomic E-state index is 0.198. The Bertz CT molecular complexity index is 702. The van der Waals surface area contributed by atoms with Crippen molar-refractivity contribution < 1.29 is 14.3 Å². The van der Waals surface area contributed by atoms with Gasteiger partial charge in [-0.15, -0.1) is 11.8 Å². The van der Waals surface area contributed by atoms with Crippen LogP contribution in [0.5, 0.6) is 11.5 Å². The maximum Gasteiger partial charge on any atom is 0.269 e. The normalized spacial score (nSPS) is 16.2. The number of thioether (sulfide) groups is 1. The van der Waals surface area contributed by atoms with Crippen molar-refractivity contribution in [3.8, 4) is 11.5 Å². The van der Waals surface area contributed by atoms with Crippen LogP contribution in [0.2, 0.25) is 0 Å². The van der Waals surface area contributed by atoms with Crippen LogP contribution in [0.3, 0.4) is 0 Å². The predicted molar refractivity (Wildman–Crippen MR) is 92.4 cm³/mol. The summed E-state index contributed by atoms with van der Waals surface area (Å²) in [5, 5.41) is 3.39. The zero-order chi connectivity index (χ0) is 16.2. The number of anilines is 1. The van der Waals surface area contributed by atoms with Gasteiger partial charge in [0.15, 0.2) is 11.5 Å². The highest BCUT2D eigenvalue weighted by Crippen LogP contribution is 2.32. The van der Waals surface area contributed by atoms with Gasteiger partial charge >= 0.3 is 0 Å². The molecular formula is C18H19NO3S. The van der Waals surface area contributed by atoms with Crippen LogP contribution in [-0.2, 0) is 4.79 Å². The molecule has 0 unspecified atom stereocenters. The van der Waals surface area contributed by atoms with Crippen molar-refractivity contribution in [2.24, 2.45) is 0 Å². The van der Waals surface area contributed by atoms with E-state index in [9.17, 15) is 4.79 Å². The zero-order valence-electron chi connectivity index (χ0n) is 13.1. The van der Waals surface area contributed by atoms with Gasteiger partial charge in [0.2, 0.25) is 6.10 Å². The molecule has 1 aliphatic rings. The number of amides is 1. The third-order valence-electron chi connectivity index (χ3n) is 3.31. The van der Waals surface area contributed by atoms with E-state index in [1.807, 2.05) is 42.5 Å². The molecule has 5 heteroatoms. The van der Waals surface area contributed by atoms with Crippen molar-refractivity contribution in [3.63, 3.8) is 0 Å². The van der Waals surface area contributed by atoms with Gasteiger partial charge < -0.3 is 14.8 Å². The van der Waals surface area contributed by atoms with Crippen molar-refractivity contribution in [2.45, 2.75) is 30.1 Å². The Balaban J connectivity index is 1.71. The van der Waals surface area contributed by atoms with Gasteiger partial charge in [-0.2, -0.15) is 0 Å². The lowest BCUT2D eigenvalue weighted by Gasteiger charge is -2.25. The molecule has 0 fully saturated rings. The Labute approximate surface area is 140 Å². The molecule has 120 valence electrons. The van der Waals surface area contributed by atoms with Gasteiger partial charge in [-0.25, -0.2) is 0 Å². The van der Waals surface area contributed by atoms with Crippen LogP contribution in [-0.4, -0.2) is 23.9 Å². The molecule has 0 aliphatic carbocycles. The highest BCUT2D eigenvalue weighted by Gasteiger charge is 2.27. The lowest BCUT2D eigenvalue weighted by molar-refractivity contribution is -0.125. The Morgan fingerprint density at radius 1 is 1.13 bits per heavy atom. The number of fused-ring (bicyclic) bond motifs is 1. The number of nitrogens with one attached hydrogen (secondary N) is 1. The molecule has 0 bridgehead atoms. The molecule has 0 radical (unpaired) electrons.